The fourth-order valence-electron chi connectivity index (χ4n) is 1.92. The number of carbonyl (C=O) groups excluding carboxylic acids is 2. The summed E-state index contributed by atoms with van der Waals surface area (Å²) in [4.78, 5) is 24.2. The molecular formula is C16H24N2O3. The van der Waals surface area contributed by atoms with Crippen LogP contribution < -0.4 is 11.1 Å². The molecule has 21 heavy (non-hydrogen) atoms. The van der Waals surface area contributed by atoms with Crippen LogP contribution in [-0.2, 0) is 16.1 Å². The van der Waals surface area contributed by atoms with E-state index >= 15 is 0 Å². The lowest BCUT2D eigenvalue weighted by Crippen LogP contribution is -2.46. The van der Waals surface area contributed by atoms with E-state index in [1.54, 1.807) is 31.2 Å². The first-order valence-electron chi connectivity index (χ1n) is 7.29. The second kappa shape index (κ2) is 8.42. The van der Waals surface area contributed by atoms with E-state index in [9.17, 15) is 9.59 Å². The summed E-state index contributed by atoms with van der Waals surface area (Å²) in [6, 6.07) is 6.39. The maximum Gasteiger partial charge on any atom is 0.328 e. The largest absolute Gasteiger partial charge is 0.464 e. The van der Waals surface area contributed by atoms with Gasteiger partial charge in [0.25, 0.3) is 5.91 Å². The fraction of sp³-hybridized carbons (Fsp3) is 0.500. The lowest BCUT2D eigenvalue weighted by atomic mass is 9.98. The standard InChI is InChI=1S/C16H24N2O3/c1-4-11(3)14(16(20)21-5-2)18-15(19)13-8-6-12(10-17)7-9-13/h6-9,11,14H,4-5,10,17H2,1-3H3,(H,18,19). The van der Waals surface area contributed by atoms with Gasteiger partial charge in [0.2, 0.25) is 0 Å². The van der Waals surface area contributed by atoms with Gasteiger partial charge in [0, 0.05) is 12.1 Å². The SMILES string of the molecule is CCOC(=O)C(NC(=O)c1ccc(CN)cc1)C(C)CC. The van der Waals surface area contributed by atoms with Gasteiger partial charge in [-0.15, -0.1) is 0 Å². The van der Waals surface area contributed by atoms with Crippen molar-refractivity contribution in [1.82, 2.24) is 5.32 Å². The van der Waals surface area contributed by atoms with E-state index < -0.39 is 12.0 Å². The third kappa shape index (κ3) is 4.86. The van der Waals surface area contributed by atoms with Crippen LogP contribution in [0.15, 0.2) is 24.3 Å². The molecule has 0 aliphatic carbocycles. The Labute approximate surface area is 125 Å². The topological polar surface area (TPSA) is 81.4 Å². The summed E-state index contributed by atoms with van der Waals surface area (Å²) in [5, 5.41) is 2.76. The van der Waals surface area contributed by atoms with E-state index in [-0.39, 0.29) is 11.8 Å². The Morgan fingerprint density at radius 2 is 1.86 bits per heavy atom. The Bertz CT molecular complexity index is 471. The lowest BCUT2D eigenvalue weighted by Gasteiger charge is -2.22. The van der Waals surface area contributed by atoms with Crippen molar-refractivity contribution in [2.75, 3.05) is 6.61 Å². The first-order chi connectivity index (χ1) is 10.0. The maximum atomic E-state index is 12.2. The highest BCUT2D eigenvalue weighted by Crippen LogP contribution is 2.11. The van der Waals surface area contributed by atoms with Crippen LogP contribution in [0.3, 0.4) is 0 Å². The van der Waals surface area contributed by atoms with Crippen LogP contribution in [0, 0.1) is 5.92 Å². The van der Waals surface area contributed by atoms with Gasteiger partial charge in [0.15, 0.2) is 0 Å². The zero-order chi connectivity index (χ0) is 15.8. The summed E-state index contributed by atoms with van der Waals surface area (Å²) in [7, 11) is 0. The molecule has 3 N–H and O–H groups in total. The van der Waals surface area contributed by atoms with Crippen molar-refractivity contribution in [3.05, 3.63) is 35.4 Å². The Hall–Kier alpha value is -1.88. The molecule has 0 heterocycles. The van der Waals surface area contributed by atoms with Crippen LogP contribution in [0.25, 0.3) is 0 Å². The number of rotatable bonds is 7. The molecule has 0 saturated heterocycles. The number of ether oxygens (including phenoxy) is 1. The van der Waals surface area contributed by atoms with Crippen LogP contribution in [0.4, 0.5) is 0 Å². The molecule has 1 aromatic carbocycles. The molecule has 0 radical (unpaired) electrons. The number of esters is 1. The summed E-state index contributed by atoms with van der Waals surface area (Å²) in [6.45, 7) is 6.37. The molecule has 1 amide bonds. The van der Waals surface area contributed by atoms with E-state index in [1.165, 1.54) is 0 Å². The Kier molecular flexibility index (Phi) is 6.88. The van der Waals surface area contributed by atoms with Crippen LogP contribution in [0.5, 0.6) is 0 Å². The molecule has 1 aromatic rings. The van der Waals surface area contributed by atoms with Crippen LogP contribution >= 0.6 is 0 Å². The summed E-state index contributed by atoms with van der Waals surface area (Å²) in [5.74, 6) is -0.660. The predicted molar refractivity (Wildman–Crippen MR) is 81.7 cm³/mol. The molecule has 1 rings (SSSR count). The van der Waals surface area contributed by atoms with Gasteiger partial charge < -0.3 is 15.8 Å². The van der Waals surface area contributed by atoms with Crippen molar-refractivity contribution in [2.24, 2.45) is 11.7 Å². The lowest BCUT2D eigenvalue weighted by molar-refractivity contribution is -0.146. The third-order valence-electron chi connectivity index (χ3n) is 3.49. The normalized spacial score (nSPS) is 13.3. The minimum atomic E-state index is -0.628. The van der Waals surface area contributed by atoms with Crippen molar-refractivity contribution < 1.29 is 14.3 Å². The summed E-state index contributed by atoms with van der Waals surface area (Å²) >= 11 is 0. The monoisotopic (exact) mass is 292 g/mol. The first kappa shape index (κ1) is 17.2. The summed E-state index contributed by atoms with van der Waals surface area (Å²) < 4.78 is 5.03. The zero-order valence-corrected chi connectivity index (χ0v) is 12.9. The highest BCUT2D eigenvalue weighted by molar-refractivity contribution is 5.96. The Morgan fingerprint density at radius 3 is 2.33 bits per heavy atom. The maximum absolute atomic E-state index is 12.2. The second-order valence-corrected chi connectivity index (χ2v) is 4.99. The van der Waals surface area contributed by atoms with Crippen molar-refractivity contribution in [2.45, 2.75) is 39.8 Å². The van der Waals surface area contributed by atoms with Gasteiger partial charge in [-0.1, -0.05) is 32.4 Å². The van der Waals surface area contributed by atoms with Gasteiger partial charge in [-0.25, -0.2) is 4.79 Å². The van der Waals surface area contributed by atoms with E-state index in [2.05, 4.69) is 5.32 Å². The fourth-order valence-corrected chi connectivity index (χ4v) is 1.92. The molecule has 2 atom stereocenters. The zero-order valence-electron chi connectivity index (χ0n) is 12.9. The van der Waals surface area contributed by atoms with Gasteiger partial charge in [0.05, 0.1) is 6.61 Å². The summed E-state index contributed by atoms with van der Waals surface area (Å²) in [5.41, 5.74) is 6.98. The molecule has 0 aliphatic rings. The molecule has 2 unspecified atom stereocenters. The molecule has 0 bridgehead atoms. The molecule has 116 valence electrons. The van der Waals surface area contributed by atoms with Crippen molar-refractivity contribution in [3.8, 4) is 0 Å². The number of amides is 1. The molecule has 0 saturated carbocycles. The van der Waals surface area contributed by atoms with Gasteiger partial charge in [-0.3, -0.25) is 4.79 Å². The van der Waals surface area contributed by atoms with E-state index in [0.717, 1.165) is 12.0 Å². The van der Waals surface area contributed by atoms with E-state index in [4.69, 9.17) is 10.5 Å². The van der Waals surface area contributed by atoms with Gasteiger partial charge in [-0.2, -0.15) is 0 Å². The Morgan fingerprint density at radius 1 is 1.24 bits per heavy atom. The van der Waals surface area contributed by atoms with Crippen LogP contribution in [0.2, 0.25) is 0 Å². The average Bonchev–Trinajstić information content (AvgIpc) is 2.51. The minimum absolute atomic E-state index is 0.0105. The molecule has 0 aliphatic heterocycles. The smallest absolute Gasteiger partial charge is 0.328 e. The second-order valence-electron chi connectivity index (χ2n) is 4.99. The van der Waals surface area contributed by atoms with Crippen molar-refractivity contribution >= 4 is 11.9 Å². The number of hydrogen-bond donors (Lipinski definition) is 2. The number of nitrogens with two attached hydrogens (primary N) is 1. The molecule has 0 aromatic heterocycles. The van der Waals surface area contributed by atoms with Gasteiger partial charge >= 0.3 is 5.97 Å². The Balaban J connectivity index is 2.81. The molecule has 5 heteroatoms. The number of nitrogens with one attached hydrogen (secondary N) is 1. The van der Waals surface area contributed by atoms with Gasteiger partial charge in [0.1, 0.15) is 6.04 Å². The molecule has 0 spiro atoms. The van der Waals surface area contributed by atoms with Gasteiger partial charge in [-0.05, 0) is 30.5 Å². The van der Waals surface area contributed by atoms with E-state index in [0.29, 0.717) is 18.7 Å². The highest BCUT2D eigenvalue weighted by Gasteiger charge is 2.27. The molecular weight excluding hydrogens is 268 g/mol. The first-order valence-corrected chi connectivity index (χ1v) is 7.29. The highest BCUT2D eigenvalue weighted by atomic mass is 16.5. The van der Waals surface area contributed by atoms with E-state index in [1.807, 2.05) is 13.8 Å². The number of hydrogen-bond acceptors (Lipinski definition) is 4. The van der Waals surface area contributed by atoms with Crippen LogP contribution in [0.1, 0.15) is 43.1 Å². The van der Waals surface area contributed by atoms with Crippen molar-refractivity contribution in [1.29, 1.82) is 0 Å². The number of benzene rings is 1. The average molecular weight is 292 g/mol. The quantitative estimate of drug-likeness (QED) is 0.751. The van der Waals surface area contributed by atoms with Crippen LogP contribution in [-0.4, -0.2) is 24.5 Å². The number of carbonyl (C=O) groups is 2. The molecule has 0 fully saturated rings. The molecule has 5 nitrogen and oxygen atoms in total. The third-order valence-corrected chi connectivity index (χ3v) is 3.49. The predicted octanol–water partition coefficient (Wildman–Crippen LogP) is 1.85. The minimum Gasteiger partial charge on any atom is -0.464 e. The summed E-state index contributed by atoms with van der Waals surface area (Å²) in [6.07, 6.45) is 0.774. The van der Waals surface area contributed by atoms with Crippen molar-refractivity contribution in [3.63, 3.8) is 0 Å².